The molecule has 0 fully saturated rings. The molecule has 24 heavy (non-hydrogen) atoms. The molecule has 1 N–H and O–H groups in total. The number of ether oxygens (including phenoxy) is 1. The Labute approximate surface area is 148 Å². The zero-order chi connectivity index (χ0) is 17.8. The second-order valence-corrected chi connectivity index (χ2v) is 7.12. The van der Waals surface area contributed by atoms with Crippen molar-refractivity contribution < 1.29 is 9.53 Å². The monoisotopic (exact) mass is 333 g/mol. The maximum Gasteiger partial charge on any atom is 0.220 e. The molecule has 0 heterocycles. The van der Waals surface area contributed by atoms with Crippen molar-refractivity contribution in [3.63, 3.8) is 0 Å². The van der Waals surface area contributed by atoms with Crippen LogP contribution in [0.4, 0.5) is 0 Å². The van der Waals surface area contributed by atoms with Crippen LogP contribution in [0.2, 0.25) is 0 Å². The van der Waals surface area contributed by atoms with Crippen molar-refractivity contribution in [2.75, 3.05) is 13.2 Å². The van der Waals surface area contributed by atoms with Crippen molar-refractivity contribution in [3.8, 4) is 5.75 Å². The quantitative estimate of drug-likeness (QED) is 0.532. The molecule has 0 aromatic heterocycles. The van der Waals surface area contributed by atoms with Gasteiger partial charge in [-0.2, -0.15) is 0 Å². The van der Waals surface area contributed by atoms with Crippen molar-refractivity contribution in [1.29, 1.82) is 0 Å². The van der Waals surface area contributed by atoms with Crippen LogP contribution in [0.15, 0.2) is 24.3 Å². The topological polar surface area (TPSA) is 38.3 Å². The van der Waals surface area contributed by atoms with Crippen molar-refractivity contribution >= 4 is 5.91 Å². The largest absolute Gasteiger partial charge is 0.494 e. The number of hydrogen-bond acceptors (Lipinski definition) is 2. The fraction of sp³-hybridized carbons (Fsp3) is 0.667. The molecule has 0 atom stereocenters. The van der Waals surface area contributed by atoms with Crippen LogP contribution in [0.3, 0.4) is 0 Å². The molecular formula is C21H35NO2. The number of rotatable bonds is 12. The smallest absolute Gasteiger partial charge is 0.220 e. The molecular weight excluding hydrogens is 298 g/mol. The number of carbonyl (C=O) groups excluding carboxylic acids is 1. The van der Waals surface area contributed by atoms with E-state index in [-0.39, 0.29) is 11.3 Å². The molecule has 0 radical (unpaired) electrons. The SMILES string of the molecule is CCCCCCNC(=O)CCCOc1ccc(C(C)(C)CC)cc1. The molecule has 0 spiro atoms. The van der Waals surface area contributed by atoms with Crippen LogP contribution < -0.4 is 10.1 Å². The Kier molecular flexibility index (Phi) is 9.51. The lowest BCUT2D eigenvalue weighted by atomic mass is 9.82. The number of amides is 1. The highest BCUT2D eigenvalue weighted by Crippen LogP contribution is 2.28. The molecule has 0 saturated carbocycles. The highest BCUT2D eigenvalue weighted by atomic mass is 16.5. The van der Waals surface area contributed by atoms with Crippen molar-refractivity contribution in [1.82, 2.24) is 5.32 Å². The van der Waals surface area contributed by atoms with E-state index in [1.165, 1.54) is 24.8 Å². The van der Waals surface area contributed by atoms with Gasteiger partial charge in [0.25, 0.3) is 0 Å². The molecule has 0 bridgehead atoms. The molecule has 1 rings (SSSR count). The Morgan fingerprint density at radius 3 is 2.38 bits per heavy atom. The second kappa shape index (κ2) is 11.1. The number of nitrogens with one attached hydrogen (secondary N) is 1. The summed E-state index contributed by atoms with van der Waals surface area (Å²) in [4.78, 5) is 11.7. The third-order valence-electron chi connectivity index (χ3n) is 4.69. The van der Waals surface area contributed by atoms with Crippen molar-refractivity contribution in [2.45, 2.75) is 78.1 Å². The zero-order valence-corrected chi connectivity index (χ0v) is 16.0. The minimum atomic E-state index is 0.134. The van der Waals surface area contributed by atoms with Crippen LogP contribution in [0.5, 0.6) is 5.75 Å². The summed E-state index contributed by atoms with van der Waals surface area (Å²) in [5, 5.41) is 2.98. The first-order chi connectivity index (χ1) is 11.5. The number of hydrogen-bond donors (Lipinski definition) is 1. The summed E-state index contributed by atoms with van der Waals surface area (Å²) in [5.74, 6) is 1.01. The van der Waals surface area contributed by atoms with Crippen LogP contribution in [-0.4, -0.2) is 19.1 Å². The van der Waals surface area contributed by atoms with E-state index >= 15 is 0 Å². The summed E-state index contributed by atoms with van der Waals surface area (Å²) in [5.41, 5.74) is 1.54. The Bertz CT molecular complexity index is 465. The molecule has 1 aromatic rings. The van der Waals surface area contributed by atoms with Gasteiger partial charge >= 0.3 is 0 Å². The molecule has 0 aliphatic heterocycles. The predicted octanol–water partition coefficient (Wildman–Crippen LogP) is 5.23. The van der Waals surface area contributed by atoms with Gasteiger partial charge in [-0.15, -0.1) is 0 Å². The van der Waals surface area contributed by atoms with Crippen LogP contribution >= 0.6 is 0 Å². The standard InChI is InChI=1S/C21H35NO2/c1-5-7-8-9-16-22-20(23)11-10-17-24-19-14-12-18(13-15-19)21(3,4)6-2/h12-15H,5-11,16-17H2,1-4H3,(H,22,23). The van der Waals surface area contributed by atoms with E-state index in [0.29, 0.717) is 13.0 Å². The average Bonchev–Trinajstić information content (AvgIpc) is 2.59. The van der Waals surface area contributed by atoms with E-state index in [9.17, 15) is 4.79 Å². The second-order valence-electron chi connectivity index (χ2n) is 7.12. The minimum Gasteiger partial charge on any atom is -0.494 e. The molecule has 0 aliphatic carbocycles. The third-order valence-corrected chi connectivity index (χ3v) is 4.69. The molecule has 136 valence electrons. The molecule has 0 saturated heterocycles. The normalized spacial score (nSPS) is 11.3. The van der Waals surface area contributed by atoms with Crippen LogP contribution in [0.1, 0.15) is 78.2 Å². The van der Waals surface area contributed by atoms with Gasteiger partial charge in [0.15, 0.2) is 0 Å². The third kappa shape index (κ3) is 7.85. The Balaban J connectivity index is 2.18. The van der Waals surface area contributed by atoms with Crippen molar-refractivity contribution in [2.24, 2.45) is 0 Å². The van der Waals surface area contributed by atoms with Gasteiger partial charge in [-0.1, -0.05) is 59.1 Å². The van der Waals surface area contributed by atoms with Gasteiger partial charge in [0.05, 0.1) is 6.61 Å². The van der Waals surface area contributed by atoms with Crippen LogP contribution in [0.25, 0.3) is 0 Å². The van der Waals surface area contributed by atoms with Crippen LogP contribution in [-0.2, 0) is 10.2 Å². The Morgan fingerprint density at radius 1 is 1.04 bits per heavy atom. The lowest BCUT2D eigenvalue weighted by Crippen LogP contribution is -2.24. The molecule has 1 amide bonds. The van der Waals surface area contributed by atoms with Gasteiger partial charge in [-0.3, -0.25) is 4.79 Å². The summed E-state index contributed by atoms with van der Waals surface area (Å²) < 4.78 is 5.74. The lowest BCUT2D eigenvalue weighted by molar-refractivity contribution is -0.121. The van der Waals surface area contributed by atoms with Gasteiger partial charge < -0.3 is 10.1 Å². The van der Waals surface area contributed by atoms with E-state index in [2.05, 4.69) is 45.1 Å². The molecule has 1 aromatic carbocycles. The van der Waals surface area contributed by atoms with Crippen LogP contribution in [0, 0.1) is 0 Å². The van der Waals surface area contributed by atoms with E-state index < -0.39 is 0 Å². The molecule has 3 nitrogen and oxygen atoms in total. The zero-order valence-electron chi connectivity index (χ0n) is 16.0. The summed E-state index contributed by atoms with van der Waals surface area (Å²) in [6, 6.07) is 8.34. The fourth-order valence-electron chi connectivity index (χ4n) is 2.50. The van der Waals surface area contributed by atoms with E-state index in [4.69, 9.17) is 4.74 Å². The molecule has 0 unspecified atom stereocenters. The first-order valence-electron chi connectivity index (χ1n) is 9.49. The Morgan fingerprint density at radius 2 is 1.75 bits per heavy atom. The van der Waals surface area contributed by atoms with Gasteiger partial charge in [-0.05, 0) is 42.4 Å². The maximum atomic E-state index is 11.7. The van der Waals surface area contributed by atoms with Gasteiger partial charge in [-0.25, -0.2) is 0 Å². The fourth-order valence-corrected chi connectivity index (χ4v) is 2.50. The first kappa shape index (κ1) is 20.5. The summed E-state index contributed by atoms with van der Waals surface area (Å²) in [6.07, 6.45) is 7.15. The highest BCUT2D eigenvalue weighted by molar-refractivity contribution is 5.75. The highest BCUT2D eigenvalue weighted by Gasteiger charge is 2.17. The summed E-state index contributed by atoms with van der Waals surface area (Å²) in [7, 11) is 0. The van der Waals surface area contributed by atoms with Gasteiger partial charge in [0.2, 0.25) is 5.91 Å². The van der Waals surface area contributed by atoms with E-state index in [0.717, 1.165) is 31.6 Å². The van der Waals surface area contributed by atoms with Crippen molar-refractivity contribution in [3.05, 3.63) is 29.8 Å². The lowest BCUT2D eigenvalue weighted by Gasteiger charge is -2.23. The van der Waals surface area contributed by atoms with Gasteiger partial charge in [0.1, 0.15) is 5.75 Å². The number of carbonyl (C=O) groups is 1. The van der Waals surface area contributed by atoms with E-state index in [1.54, 1.807) is 0 Å². The number of benzene rings is 1. The maximum absolute atomic E-state index is 11.7. The molecule has 3 heteroatoms. The van der Waals surface area contributed by atoms with Gasteiger partial charge in [0, 0.05) is 13.0 Å². The minimum absolute atomic E-state index is 0.134. The number of unbranched alkanes of at least 4 members (excludes halogenated alkanes) is 3. The molecule has 0 aliphatic rings. The summed E-state index contributed by atoms with van der Waals surface area (Å²) >= 11 is 0. The summed E-state index contributed by atoms with van der Waals surface area (Å²) in [6.45, 7) is 10.3. The van der Waals surface area contributed by atoms with E-state index in [1.807, 2.05) is 12.1 Å². The Hall–Kier alpha value is -1.51. The first-order valence-corrected chi connectivity index (χ1v) is 9.49. The average molecular weight is 334 g/mol. The predicted molar refractivity (Wildman–Crippen MR) is 102 cm³/mol.